The van der Waals surface area contributed by atoms with Gasteiger partial charge in [-0.3, -0.25) is 4.79 Å². The number of hydrogen-bond donors (Lipinski definition) is 1. The molecule has 4 aromatic rings. The maximum atomic E-state index is 13.2. The molecule has 0 saturated heterocycles. The van der Waals surface area contributed by atoms with Gasteiger partial charge in [0, 0.05) is 25.1 Å². The van der Waals surface area contributed by atoms with Crippen molar-refractivity contribution in [3.05, 3.63) is 89.7 Å². The standard InChI is InChI=1S/C25H25N3O3/c1-28-23-12-8-7-11-21(23)26-24(28)16-22(17-9-5-4-6-10-17)27-25(29)18-13-19(30-2)15-20(14-18)31-3/h4-15,22H,16H2,1-3H3,(H,27,29)/t22-/m1/s1. The molecule has 1 amide bonds. The van der Waals surface area contributed by atoms with Crippen LogP contribution in [0.2, 0.25) is 0 Å². The second-order valence-electron chi connectivity index (χ2n) is 7.32. The van der Waals surface area contributed by atoms with E-state index in [0.29, 0.717) is 23.5 Å². The van der Waals surface area contributed by atoms with Crippen LogP contribution in [0.15, 0.2) is 72.8 Å². The molecule has 1 heterocycles. The Labute approximate surface area is 181 Å². The highest BCUT2D eigenvalue weighted by Crippen LogP contribution is 2.25. The number of hydrogen-bond acceptors (Lipinski definition) is 4. The molecule has 0 radical (unpaired) electrons. The smallest absolute Gasteiger partial charge is 0.252 e. The van der Waals surface area contributed by atoms with E-state index in [1.54, 1.807) is 32.4 Å². The van der Waals surface area contributed by atoms with Crippen LogP contribution in [-0.2, 0) is 13.5 Å². The topological polar surface area (TPSA) is 65.4 Å². The SMILES string of the molecule is COc1cc(OC)cc(C(=O)N[C@H](Cc2nc3ccccc3n2C)c2ccccc2)c1. The second-order valence-corrected chi connectivity index (χ2v) is 7.32. The van der Waals surface area contributed by atoms with E-state index in [4.69, 9.17) is 14.5 Å². The van der Waals surface area contributed by atoms with E-state index in [1.165, 1.54) is 0 Å². The third kappa shape index (κ3) is 4.38. The van der Waals surface area contributed by atoms with Crippen molar-refractivity contribution in [2.24, 2.45) is 7.05 Å². The predicted molar refractivity (Wildman–Crippen MR) is 121 cm³/mol. The maximum Gasteiger partial charge on any atom is 0.252 e. The molecule has 3 aromatic carbocycles. The average Bonchev–Trinajstić information content (AvgIpc) is 3.14. The van der Waals surface area contributed by atoms with E-state index >= 15 is 0 Å². The van der Waals surface area contributed by atoms with Crippen LogP contribution in [0, 0.1) is 0 Å². The van der Waals surface area contributed by atoms with Crippen molar-refractivity contribution in [2.75, 3.05) is 14.2 Å². The number of aryl methyl sites for hydroxylation is 1. The van der Waals surface area contributed by atoms with Gasteiger partial charge in [0.15, 0.2) is 0 Å². The molecule has 6 heteroatoms. The normalized spacial score (nSPS) is 11.8. The Morgan fingerprint density at radius 3 is 2.26 bits per heavy atom. The van der Waals surface area contributed by atoms with Crippen LogP contribution in [0.3, 0.4) is 0 Å². The van der Waals surface area contributed by atoms with Crippen LogP contribution >= 0.6 is 0 Å². The number of imidazole rings is 1. The average molecular weight is 415 g/mol. The number of benzene rings is 3. The summed E-state index contributed by atoms with van der Waals surface area (Å²) >= 11 is 0. The van der Waals surface area contributed by atoms with E-state index in [-0.39, 0.29) is 11.9 Å². The van der Waals surface area contributed by atoms with Gasteiger partial charge in [0.05, 0.1) is 31.3 Å². The summed E-state index contributed by atoms with van der Waals surface area (Å²) in [4.78, 5) is 17.9. The first-order chi connectivity index (χ1) is 15.1. The third-order valence-corrected chi connectivity index (χ3v) is 5.39. The molecule has 0 saturated carbocycles. The highest BCUT2D eigenvalue weighted by Gasteiger charge is 2.20. The van der Waals surface area contributed by atoms with Crippen LogP contribution in [-0.4, -0.2) is 29.7 Å². The lowest BCUT2D eigenvalue weighted by Gasteiger charge is -2.20. The molecule has 0 fully saturated rings. The monoisotopic (exact) mass is 415 g/mol. The number of rotatable bonds is 7. The zero-order valence-corrected chi connectivity index (χ0v) is 17.8. The highest BCUT2D eigenvalue weighted by molar-refractivity contribution is 5.95. The van der Waals surface area contributed by atoms with Crippen LogP contribution in [0.1, 0.15) is 27.8 Å². The van der Waals surface area contributed by atoms with Crippen LogP contribution in [0.5, 0.6) is 11.5 Å². The molecule has 4 rings (SSSR count). The van der Waals surface area contributed by atoms with Crippen LogP contribution in [0.25, 0.3) is 11.0 Å². The number of ether oxygens (including phenoxy) is 2. The third-order valence-electron chi connectivity index (χ3n) is 5.39. The van der Waals surface area contributed by atoms with E-state index in [9.17, 15) is 4.79 Å². The van der Waals surface area contributed by atoms with Crippen molar-refractivity contribution in [1.82, 2.24) is 14.9 Å². The molecule has 158 valence electrons. The lowest BCUT2D eigenvalue weighted by Crippen LogP contribution is -2.30. The van der Waals surface area contributed by atoms with Gasteiger partial charge in [-0.15, -0.1) is 0 Å². The zero-order chi connectivity index (χ0) is 21.8. The molecule has 0 unspecified atom stereocenters. The molecule has 31 heavy (non-hydrogen) atoms. The van der Waals surface area contributed by atoms with Gasteiger partial charge in [-0.25, -0.2) is 4.98 Å². The fourth-order valence-corrected chi connectivity index (χ4v) is 3.68. The van der Waals surface area contributed by atoms with E-state index < -0.39 is 0 Å². The Morgan fingerprint density at radius 1 is 0.968 bits per heavy atom. The quantitative estimate of drug-likeness (QED) is 0.489. The molecular formula is C25H25N3O3. The van der Waals surface area contributed by atoms with Crippen LogP contribution < -0.4 is 14.8 Å². The van der Waals surface area contributed by atoms with E-state index in [0.717, 1.165) is 22.4 Å². The van der Waals surface area contributed by atoms with Gasteiger partial charge in [-0.2, -0.15) is 0 Å². The first-order valence-corrected chi connectivity index (χ1v) is 10.1. The Morgan fingerprint density at radius 2 is 1.61 bits per heavy atom. The second kappa shape index (κ2) is 8.92. The summed E-state index contributed by atoms with van der Waals surface area (Å²) in [6.45, 7) is 0. The number of nitrogens with one attached hydrogen (secondary N) is 1. The maximum absolute atomic E-state index is 13.2. The minimum absolute atomic E-state index is 0.204. The van der Waals surface area contributed by atoms with Gasteiger partial charge in [0.1, 0.15) is 17.3 Å². The fourth-order valence-electron chi connectivity index (χ4n) is 3.68. The van der Waals surface area contributed by atoms with Gasteiger partial charge in [-0.05, 0) is 29.8 Å². The van der Waals surface area contributed by atoms with Crippen molar-refractivity contribution in [3.63, 3.8) is 0 Å². The number of aromatic nitrogens is 2. The number of nitrogens with zero attached hydrogens (tertiary/aromatic N) is 2. The number of para-hydroxylation sites is 2. The van der Waals surface area contributed by atoms with E-state index in [1.807, 2.05) is 61.6 Å². The molecule has 1 N–H and O–H groups in total. The van der Waals surface area contributed by atoms with Crippen molar-refractivity contribution < 1.29 is 14.3 Å². The predicted octanol–water partition coefficient (Wildman–Crippen LogP) is 4.30. The lowest BCUT2D eigenvalue weighted by atomic mass is 10.0. The summed E-state index contributed by atoms with van der Waals surface area (Å²) in [7, 11) is 5.13. The van der Waals surface area contributed by atoms with Crippen molar-refractivity contribution in [3.8, 4) is 11.5 Å². The molecule has 0 spiro atoms. The summed E-state index contributed by atoms with van der Waals surface area (Å²) in [6.07, 6.45) is 0.558. The molecular weight excluding hydrogens is 390 g/mol. The number of methoxy groups -OCH3 is 2. The number of carbonyl (C=O) groups excluding carboxylic acids is 1. The zero-order valence-electron chi connectivity index (χ0n) is 17.8. The van der Waals surface area contributed by atoms with E-state index in [2.05, 4.69) is 9.88 Å². The Hall–Kier alpha value is -3.80. The Kier molecular flexibility index (Phi) is 5.89. The summed E-state index contributed by atoms with van der Waals surface area (Å²) in [5, 5.41) is 3.17. The summed E-state index contributed by atoms with van der Waals surface area (Å²) < 4.78 is 12.7. The number of carbonyl (C=O) groups is 1. The summed E-state index contributed by atoms with van der Waals surface area (Å²) in [6, 6.07) is 22.9. The molecule has 0 bridgehead atoms. The summed E-state index contributed by atoms with van der Waals surface area (Å²) in [5.74, 6) is 1.83. The minimum Gasteiger partial charge on any atom is -0.497 e. The van der Waals surface area contributed by atoms with Gasteiger partial charge in [-0.1, -0.05) is 42.5 Å². The molecule has 1 aromatic heterocycles. The van der Waals surface area contributed by atoms with Gasteiger partial charge >= 0.3 is 0 Å². The molecule has 0 aliphatic carbocycles. The van der Waals surface area contributed by atoms with Gasteiger partial charge < -0.3 is 19.4 Å². The highest BCUT2D eigenvalue weighted by atomic mass is 16.5. The number of fused-ring (bicyclic) bond motifs is 1. The molecule has 6 nitrogen and oxygen atoms in total. The Bertz CT molecular complexity index is 1180. The van der Waals surface area contributed by atoms with Crippen LogP contribution in [0.4, 0.5) is 0 Å². The first-order valence-electron chi connectivity index (χ1n) is 10.1. The van der Waals surface area contributed by atoms with Gasteiger partial charge in [0.2, 0.25) is 0 Å². The molecule has 1 atom stereocenters. The van der Waals surface area contributed by atoms with Crippen molar-refractivity contribution in [1.29, 1.82) is 0 Å². The molecule has 0 aliphatic rings. The number of amides is 1. The van der Waals surface area contributed by atoms with Crippen molar-refractivity contribution in [2.45, 2.75) is 12.5 Å². The lowest BCUT2D eigenvalue weighted by molar-refractivity contribution is 0.0935. The largest absolute Gasteiger partial charge is 0.497 e. The van der Waals surface area contributed by atoms with Gasteiger partial charge in [0.25, 0.3) is 5.91 Å². The van der Waals surface area contributed by atoms with Crippen molar-refractivity contribution >= 4 is 16.9 Å². The summed E-state index contributed by atoms with van der Waals surface area (Å²) in [5.41, 5.74) is 3.49. The first kappa shape index (κ1) is 20.5. The Balaban J connectivity index is 1.66. The fraction of sp³-hybridized carbons (Fsp3) is 0.200. The minimum atomic E-state index is -0.249. The molecule has 0 aliphatic heterocycles.